The van der Waals surface area contributed by atoms with Gasteiger partial charge in [-0.15, -0.1) is 0 Å². The highest BCUT2D eigenvalue weighted by atomic mass is 16.5. The van der Waals surface area contributed by atoms with Gasteiger partial charge in [0, 0.05) is 0 Å². The first-order valence-corrected chi connectivity index (χ1v) is 2.02. The van der Waals surface area contributed by atoms with Gasteiger partial charge in [-0.1, -0.05) is 0 Å². The lowest BCUT2D eigenvalue weighted by Crippen LogP contribution is -2.19. The van der Waals surface area contributed by atoms with Gasteiger partial charge in [-0.2, -0.15) is 5.06 Å². The molecule has 1 aliphatic rings. The van der Waals surface area contributed by atoms with Gasteiger partial charge in [0.05, 0.1) is 6.54 Å². The predicted molar refractivity (Wildman–Crippen MR) is 23.2 cm³/mol. The number of nitrogens with zero attached hydrogens (tertiary/aromatic N) is 1. The van der Waals surface area contributed by atoms with Crippen molar-refractivity contribution in [1.29, 1.82) is 0 Å². The van der Waals surface area contributed by atoms with Gasteiger partial charge in [0.1, 0.15) is 6.54 Å². The second-order valence-electron chi connectivity index (χ2n) is 1.36. The molecule has 6 heavy (non-hydrogen) atoms. The standard InChI is InChI=1S/C3H7N2O/c6-5-2-1-4-3-5/h4H,1-3H2. The summed E-state index contributed by atoms with van der Waals surface area (Å²) in [7, 11) is 0. The second kappa shape index (κ2) is 1.55. The summed E-state index contributed by atoms with van der Waals surface area (Å²) in [4.78, 5) is 0. The maximum atomic E-state index is 10.1. The van der Waals surface area contributed by atoms with Crippen molar-refractivity contribution in [3.05, 3.63) is 5.21 Å². The Hall–Kier alpha value is -0.120. The molecule has 0 unspecified atom stereocenters. The Morgan fingerprint density at radius 3 is 2.67 bits per heavy atom. The third kappa shape index (κ3) is 0.680. The number of nitrogens with one attached hydrogen (secondary N) is 1. The summed E-state index contributed by atoms with van der Waals surface area (Å²) >= 11 is 0. The largest absolute Gasteiger partial charge is 0.581 e. The van der Waals surface area contributed by atoms with Crippen LogP contribution in [0.3, 0.4) is 0 Å². The molecule has 0 bridgehead atoms. The topological polar surface area (TPSA) is 41.0 Å². The van der Waals surface area contributed by atoms with Gasteiger partial charge >= 0.3 is 0 Å². The minimum absolute atomic E-state index is 0.514. The predicted octanol–water partition coefficient (Wildman–Crippen LogP) is -0.815. The molecule has 1 heterocycles. The van der Waals surface area contributed by atoms with Gasteiger partial charge < -0.3 is 5.21 Å². The van der Waals surface area contributed by atoms with Crippen LogP contribution in [0.1, 0.15) is 0 Å². The van der Waals surface area contributed by atoms with Gasteiger partial charge in [0.2, 0.25) is 0 Å². The third-order valence-corrected chi connectivity index (χ3v) is 0.826. The zero-order valence-corrected chi connectivity index (χ0v) is 3.48. The molecule has 1 fully saturated rings. The zero-order valence-electron chi connectivity index (χ0n) is 3.48. The zero-order chi connectivity index (χ0) is 4.41. The Bertz CT molecular complexity index is 42.1. The van der Waals surface area contributed by atoms with Crippen LogP contribution in [0.4, 0.5) is 0 Å². The molecule has 35 valence electrons. The maximum Gasteiger partial charge on any atom is 0.176 e. The molecule has 1 radical (unpaired) electrons. The van der Waals surface area contributed by atoms with E-state index in [9.17, 15) is 5.21 Å². The van der Waals surface area contributed by atoms with Crippen molar-refractivity contribution in [1.82, 2.24) is 10.4 Å². The normalized spacial score (nSPS) is 25.5. The Morgan fingerprint density at radius 1 is 1.67 bits per heavy atom. The molecule has 1 rings (SSSR count). The van der Waals surface area contributed by atoms with E-state index in [1.54, 1.807) is 0 Å². The van der Waals surface area contributed by atoms with Crippen LogP contribution in [-0.4, -0.2) is 19.8 Å². The average molecular weight is 87.1 g/mol. The summed E-state index contributed by atoms with van der Waals surface area (Å²) in [6, 6.07) is 0. The molecule has 0 spiro atoms. The molecule has 0 aromatic heterocycles. The van der Waals surface area contributed by atoms with Crippen molar-refractivity contribution < 1.29 is 0 Å². The second-order valence-corrected chi connectivity index (χ2v) is 1.36. The molecule has 3 heteroatoms. The first-order valence-electron chi connectivity index (χ1n) is 2.02. The molecule has 3 nitrogen and oxygen atoms in total. The Kier molecular flexibility index (Phi) is 1.05. The van der Waals surface area contributed by atoms with Gasteiger partial charge in [-0.05, 0) is 0 Å². The first kappa shape index (κ1) is 4.05. The molecule has 0 aliphatic carbocycles. The lowest BCUT2D eigenvalue weighted by molar-refractivity contribution is 0.625. The van der Waals surface area contributed by atoms with E-state index in [1.165, 1.54) is 0 Å². The average Bonchev–Trinajstić information content (AvgIpc) is 1.86. The Balaban J connectivity index is 2.18. The van der Waals surface area contributed by atoms with E-state index in [0.717, 1.165) is 11.6 Å². The molecule has 0 amide bonds. The monoisotopic (exact) mass is 87.1 g/mol. The van der Waals surface area contributed by atoms with Gasteiger partial charge in [0.15, 0.2) is 6.67 Å². The van der Waals surface area contributed by atoms with Crippen molar-refractivity contribution in [2.24, 2.45) is 0 Å². The summed E-state index contributed by atoms with van der Waals surface area (Å²) in [6.45, 7) is 2.02. The van der Waals surface area contributed by atoms with Crippen molar-refractivity contribution in [2.45, 2.75) is 0 Å². The molecule has 0 aromatic carbocycles. The van der Waals surface area contributed by atoms with Crippen LogP contribution in [0.2, 0.25) is 0 Å². The summed E-state index contributed by atoms with van der Waals surface area (Å²) < 4.78 is 0. The van der Waals surface area contributed by atoms with E-state index >= 15 is 0 Å². The molecule has 0 aromatic rings. The van der Waals surface area contributed by atoms with Crippen molar-refractivity contribution in [2.75, 3.05) is 19.8 Å². The van der Waals surface area contributed by atoms with Crippen molar-refractivity contribution in [3.8, 4) is 0 Å². The minimum Gasteiger partial charge on any atom is -0.581 e. The number of rotatable bonds is 0. The fourth-order valence-electron chi connectivity index (χ4n) is 0.487. The SMILES string of the molecule is [O-][N+]1CCNC1. The van der Waals surface area contributed by atoms with E-state index in [1.807, 2.05) is 0 Å². The molecule has 1 N–H and O–H groups in total. The summed E-state index contributed by atoms with van der Waals surface area (Å²) in [5.74, 6) is 0. The van der Waals surface area contributed by atoms with Crippen LogP contribution in [-0.2, 0) is 0 Å². The quantitative estimate of drug-likeness (QED) is 0.310. The molecule has 1 saturated heterocycles. The summed E-state index contributed by atoms with van der Waals surface area (Å²) in [6.07, 6.45) is 0. The smallest absolute Gasteiger partial charge is 0.176 e. The van der Waals surface area contributed by atoms with E-state index in [-0.39, 0.29) is 0 Å². The summed E-state index contributed by atoms with van der Waals surface area (Å²) in [5, 5.41) is 14.0. The highest BCUT2D eigenvalue weighted by molar-refractivity contribution is 4.70. The van der Waals surface area contributed by atoms with Gasteiger partial charge in [0.25, 0.3) is 0 Å². The maximum absolute atomic E-state index is 10.1. The van der Waals surface area contributed by atoms with Crippen molar-refractivity contribution in [3.63, 3.8) is 0 Å². The molecule has 0 saturated carbocycles. The molecular formula is C3H7N2O. The van der Waals surface area contributed by atoms with Crippen LogP contribution in [0.5, 0.6) is 0 Å². The Morgan fingerprint density at radius 2 is 2.50 bits per heavy atom. The van der Waals surface area contributed by atoms with Crippen LogP contribution in [0.25, 0.3) is 0 Å². The van der Waals surface area contributed by atoms with E-state index in [4.69, 9.17) is 0 Å². The van der Waals surface area contributed by atoms with Crippen molar-refractivity contribution >= 4 is 0 Å². The Labute approximate surface area is 36.5 Å². The van der Waals surface area contributed by atoms with Crippen LogP contribution in [0, 0.1) is 5.21 Å². The fourth-order valence-corrected chi connectivity index (χ4v) is 0.487. The lowest BCUT2D eigenvalue weighted by Gasteiger charge is -2.00. The molecule has 1 aliphatic heterocycles. The van der Waals surface area contributed by atoms with Gasteiger partial charge in [-0.25, -0.2) is 0 Å². The molecular weight excluding hydrogens is 80.0 g/mol. The number of hydrogen-bond donors (Lipinski definition) is 1. The minimum atomic E-state index is 0.514. The molecule has 0 atom stereocenters. The van der Waals surface area contributed by atoms with E-state index in [2.05, 4.69) is 5.32 Å². The first-order chi connectivity index (χ1) is 2.89. The van der Waals surface area contributed by atoms with E-state index < -0.39 is 0 Å². The van der Waals surface area contributed by atoms with E-state index in [0.29, 0.717) is 13.2 Å². The number of hydrogen-bond acceptors (Lipinski definition) is 3. The van der Waals surface area contributed by atoms with Crippen LogP contribution < -0.4 is 10.4 Å². The van der Waals surface area contributed by atoms with Crippen LogP contribution in [0.15, 0.2) is 0 Å². The van der Waals surface area contributed by atoms with Crippen LogP contribution >= 0.6 is 0 Å². The highest BCUT2D eigenvalue weighted by Gasteiger charge is 2.08. The lowest BCUT2D eigenvalue weighted by atomic mass is 10.7. The number of hydroxylamine groups is 2. The highest BCUT2D eigenvalue weighted by Crippen LogP contribution is 1.79. The van der Waals surface area contributed by atoms with Gasteiger partial charge in [-0.3, -0.25) is 5.32 Å². The summed E-state index contributed by atoms with van der Waals surface area (Å²) in [5.41, 5.74) is 0. The third-order valence-electron chi connectivity index (χ3n) is 0.826. The fraction of sp³-hybridized carbons (Fsp3) is 1.00.